The molecule has 20 heavy (non-hydrogen) atoms. The largest absolute Gasteiger partial charge is 0.493 e. The standard InChI is InChI=1S/C14H15ClN2O3/c1-18-12-6-8(15)5-10(11-7-17-20-14(11)16)13(12)19-9-3-2-4-9/h5-7,9H,2-4,16H2,1H3. The van der Waals surface area contributed by atoms with Crippen molar-refractivity contribution in [3.8, 4) is 22.6 Å². The summed E-state index contributed by atoms with van der Waals surface area (Å²) in [6, 6.07) is 3.50. The molecule has 0 unspecified atom stereocenters. The summed E-state index contributed by atoms with van der Waals surface area (Å²) in [5.41, 5.74) is 7.18. The van der Waals surface area contributed by atoms with Gasteiger partial charge in [0.25, 0.3) is 0 Å². The molecule has 0 saturated heterocycles. The minimum absolute atomic E-state index is 0.213. The summed E-state index contributed by atoms with van der Waals surface area (Å²) < 4.78 is 16.3. The molecule has 1 fully saturated rings. The van der Waals surface area contributed by atoms with Crippen LogP contribution in [0.4, 0.5) is 5.88 Å². The molecule has 0 spiro atoms. The van der Waals surface area contributed by atoms with Gasteiger partial charge in [-0.2, -0.15) is 0 Å². The predicted octanol–water partition coefficient (Wildman–Crippen LogP) is 3.52. The van der Waals surface area contributed by atoms with Gasteiger partial charge in [0.1, 0.15) is 0 Å². The van der Waals surface area contributed by atoms with Crippen LogP contribution in [0.3, 0.4) is 0 Å². The second kappa shape index (κ2) is 5.25. The van der Waals surface area contributed by atoms with Gasteiger partial charge in [-0.15, -0.1) is 0 Å². The quantitative estimate of drug-likeness (QED) is 0.934. The number of hydrogen-bond donors (Lipinski definition) is 1. The van der Waals surface area contributed by atoms with E-state index in [1.165, 1.54) is 6.42 Å². The molecular weight excluding hydrogens is 280 g/mol. The molecule has 1 heterocycles. The Balaban J connectivity index is 2.10. The first-order valence-electron chi connectivity index (χ1n) is 6.43. The van der Waals surface area contributed by atoms with Gasteiger partial charge in [0.15, 0.2) is 11.5 Å². The zero-order valence-corrected chi connectivity index (χ0v) is 11.8. The molecule has 0 amide bonds. The number of hydrogen-bond acceptors (Lipinski definition) is 5. The Kier molecular flexibility index (Phi) is 3.44. The van der Waals surface area contributed by atoms with E-state index in [9.17, 15) is 0 Å². The van der Waals surface area contributed by atoms with Crippen LogP contribution in [-0.2, 0) is 0 Å². The normalized spacial score (nSPS) is 14.9. The van der Waals surface area contributed by atoms with E-state index in [0.717, 1.165) is 18.4 Å². The topological polar surface area (TPSA) is 70.5 Å². The minimum Gasteiger partial charge on any atom is -0.493 e. The molecule has 5 nitrogen and oxygen atoms in total. The minimum atomic E-state index is 0.213. The van der Waals surface area contributed by atoms with Crippen molar-refractivity contribution in [2.75, 3.05) is 12.8 Å². The Labute approximate surface area is 121 Å². The zero-order valence-electron chi connectivity index (χ0n) is 11.1. The Hall–Kier alpha value is -1.88. The molecule has 1 aliphatic carbocycles. The number of rotatable bonds is 4. The molecule has 1 saturated carbocycles. The van der Waals surface area contributed by atoms with Gasteiger partial charge < -0.3 is 19.7 Å². The predicted molar refractivity (Wildman–Crippen MR) is 76.2 cm³/mol. The van der Waals surface area contributed by atoms with Gasteiger partial charge in [-0.05, 0) is 25.3 Å². The van der Waals surface area contributed by atoms with Gasteiger partial charge >= 0.3 is 0 Å². The fourth-order valence-electron chi connectivity index (χ4n) is 2.15. The highest BCUT2D eigenvalue weighted by Gasteiger charge is 2.25. The SMILES string of the molecule is COc1cc(Cl)cc(-c2cnoc2N)c1OC1CCC1. The summed E-state index contributed by atoms with van der Waals surface area (Å²) in [5, 5.41) is 4.24. The maximum absolute atomic E-state index is 6.13. The smallest absolute Gasteiger partial charge is 0.230 e. The van der Waals surface area contributed by atoms with E-state index >= 15 is 0 Å². The Bertz CT molecular complexity index is 623. The summed E-state index contributed by atoms with van der Waals surface area (Å²) in [6.07, 6.45) is 5.04. The Morgan fingerprint density at radius 1 is 1.35 bits per heavy atom. The molecule has 2 aromatic rings. The van der Waals surface area contributed by atoms with Crippen molar-refractivity contribution in [2.45, 2.75) is 25.4 Å². The van der Waals surface area contributed by atoms with Crippen LogP contribution in [0.5, 0.6) is 11.5 Å². The molecule has 1 aromatic heterocycles. The number of aromatic nitrogens is 1. The van der Waals surface area contributed by atoms with Crippen molar-refractivity contribution in [1.82, 2.24) is 5.16 Å². The van der Waals surface area contributed by atoms with E-state index in [1.807, 2.05) is 0 Å². The molecule has 1 aliphatic rings. The average molecular weight is 295 g/mol. The average Bonchev–Trinajstić information content (AvgIpc) is 2.80. The monoisotopic (exact) mass is 294 g/mol. The van der Waals surface area contributed by atoms with E-state index in [2.05, 4.69) is 5.16 Å². The lowest BCUT2D eigenvalue weighted by Gasteiger charge is -2.28. The van der Waals surface area contributed by atoms with Crippen LogP contribution >= 0.6 is 11.6 Å². The molecule has 0 bridgehead atoms. The van der Waals surface area contributed by atoms with E-state index in [-0.39, 0.29) is 12.0 Å². The van der Waals surface area contributed by atoms with E-state index in [1.54, 1.807) is 25.4 Å². The second-order valence-corrected chi connectivity index (χ2v) is 5.20. The van der Waals surface area contributed by atoms with Gasteiger partial charge in [-0.3, -0.25) is 0 Å². The highest BCUT2D eigenvalue weighted by Crippen LogP contribution is 2.44. The summed E-state index contributed by atoms with van der Waals surface area (Å²) in [6.45, 7) is 0. The Morgan fingerprint density at radius 3 is 2.70 bits per heavy atom. The van der Waals surface area contributed by atoms with Gasteiger partial charge in [0.05, 0.1) is 25.0 Å². The van der Waals surface area contributed by atoms with Crippen LogP contribution in [0.2, 0.25) is 5.02 Å². The number of ether oxygens (including phenoxy) is 2. The highest BCUT2D eigenvalue weighted by molar-refractivity contribution is 6.31. The number of methoxy groups -OCH3 is 1. The number of halogens is 1. The lowest BCUT2D eigenvalue weighted by atomic mass is 9.96. The van der Waals surface area contributed by atoms with Gasteiger partial charge in [0.2, 0.25) is 5.88 Å². The molecular formula is C14H15ClN2O3. The first-order valence-corrected chi connectivity index (χ1v) is 6.81. The van der Waals surface area contributed by atoms with Crippen molar-refractivity contribution in [1.29, 1.82) is 0 Å². The first kappa shape index (κ1) is 13.1. The lowest BCUT2D eigenvalue weighted by Crippen LogP contribution is -2.25. The molecule has 0 aliphatic heterocycles. The third-order valence-electron chi connectivity index (χ3n) is 3.46. The molecule has 1 aromatic carbocycles. The maximum Gasteiger partial charge on any atom is 0.230 e. The molecule has 6 heteroatoms. The molecule has 0 radical (unpaired) electrons. The van der Waals surface area contributed by atoms with Crippen LogP contribution in [-0.4, -0.2) is 18.4 Å². The molecule has 2 N–H and O–H groups in total. The third-order valence-corrected chi connectivity index (χ3v) is 3.68. The van der Waals surface area contributed by atoms with Crippen LogP contribution in [0.15, 0.2) is 22.9 Å². The molecule has 0 atom stereocenters. The van der Waals surface area contributed by atoms with Crippen LogP contribution in [0, 0.1) is 0 Å². The number of nitrogen functional groups attached to an aromatic ring is 1. The molecule has 106 valence electrons. The van der Waals surface area contributed by atoms with Crippen LogP contribution in [0.1, 0.15) is 19.3 Å². The van der Waals surface area contributed by atoms with Crippen molar-refractivity contribution >= 4 is 17.5 Å². The summed E-state index contributed by atoms with van der Waals surface area (Å²) >= 11 is 6.13. The van der Waals surface area contributed by atoms with Crippen molar-refractivity contribution in [3.05, 3.63) is 23.4 Å². The highest BCUT2D eigenvalue weighted by atomic mass is 35.5. The third kappa shape index (κ3) is 2.29. The summed E-state index contributed by atoms with van der Waals surface area (Å²) in [7, 11) is 1.58. The second-order valence-electron chi connectivity index (χ2n) is 4.76. The van der Waals surface area contributed by atoms with Crippen LogP contribution < -0.4 is 15.2 Å². The fourth-order valence-corrected chi connectivity index (χ4v) is 2.36. The van der Waals surface area contributed by atoms with E-state index in [0.29, 0.717) is 22.1 Å². The van der Waals surface area contributed by atoms with Crippen molar-refractivity contribution < 1.29 is 14.0 Å². The fraction of sp³-hybridized carbons (Fsp3) is 0.357. The van der Waals surface area contributed by atoms with Gasteiger partial charge in [-0.1, -0.05) is 16.8 Å². The summed E-state index contributed by atoms with van der Waals surface area (Å²) in [5.74, 6) is 1.45. The number of benzene rings is 1. The van der Waals surface area contributed by atoms with E-state index < -0.39 is 0 Å². The maximum atomic E-state index is 6.13. The summed E-state index contributed by atoms with van der Waals surface area (Å²) in [4.78, 5) is 0. The zero-order chi connectivity index (χ0) is 14.1. The van der Waals surface area contributed by atoms with Gasteiger partial charge in [-0.25, -0.2) is 0 Å². The number of nitrogens with two attached hydrogens (primary N) is 1. The van der Waals surface area contributed by atoms with E-state index in [4.69, 9.17) is 31.3 Å². The van der Waals surface area contributed by atoms with Crippen molar-refractivity contribution in [3.63, 3.8) is 0 Å². The first-order chi connectivity index (χ1) is 9.69. The number of nitrogens with zero attached hydrogens (tertiary/aromatic N) is 1. The Morgan fingerprint density at radius 2 is 2.15 bits per heavy atom. The van der Waals surface area contributed by atoms with Gasteiger partial charge in [0, 0.05) is 16.7 Å². The van der Waals surface area contributed by atoms with Crippen LogP contribution in [0.25, 0.3) is 11.1 Å². The van der Waals surface area contributed by atoms with Crippen molar-refractivity contribution in [2.24, 2.45) is 0 Å². The number of anilines is 1. The molecule has 3 rings (SSSR count). The lowest BCUT2D eigenvalue weighted by molar-refractivity contribution is 0.117.